The summed E-state index contributed by atoms with van der Waals surface area (Å²) in [5.41, 5.74) is -1.22. The third kappa shape index (κ3) is 1.97. The van der Waals surface area contributed by atoms with E-state index >= 15 is 0 Å². The van der Waals surface area contributed by atoms with E-state index in [1.54, 1.807) is 0 Å². The molecule has 0 aliphatic heterocycles. The number of phenolic OH excluding ortho intramolecular Hbond substituents is 5. The van der Waals surface area contributed by atoms with Crippen LogP contribution in [-0.4, -0.2) is 30.6 Å². The number of hydrogen-bond donors (Lipinski definition) is 6. The van der Waals surface area contributed by atoms with Gasteiger partial charge in [0.25, 0.3) is 0 Å². The van der Waals surface area contributed by atoms with Gasteiger partial charge in [0.2, 0.25) is 16.9 Å². The number of rotatable bonds is 1. The molecule has 0 aliphatic carbocycles. The molecule has 1 heterocycles. The van der Waals surface area contributed by atoms with Gasteiger partial charge in [-0.25, -0.2) is 0 Å². The van der Waals surface area contributed by atoms with Crippen molar-refractivity contribution in [1.29, 1.82) is 0 Å². The highest BCUT2D eigenvalue weighted by atomic mass is 16.4. The summed E-state index contributed by atoms with van der Waals surface area (Å²) >= 11 is 0. The second-order valence-corrected chi connectivity index (χ2v) is 5.19. The maximum absolute atomic E-state index is 12.3. The maximum Gasteiger partial charge on any atom is 0.238 e. The van der Waals surface area contributed by atoms with Crippen molar-refractivity contribution in [3.63, 3.8) is 0 Å². The van der Waals surface area contributed by atoms with E-state index < -0.39 is 45.3 Å². The molecule has 0 fully saturated rings. The number of aryl methyl sites for hydroxylation is 1. The zero-order valence-electron chi connectivity index (χ0n) is 12.2. The molecule has 24 heavy (non-hydrogen) atoms. The van der Waals surface area contributed by atoms with Gasteiger partial charge in [0.05, 0.1) is 0 Å². The van der Waals surface area contributed by atoms with E-state index in [0.29, 0.717) is 0 Å². The van der Waals surface area contributed by atoms with Crippen LogP contribution in [0.3, 0.4) is 0 Å². The summed E-state index contributed by atoms with van der Waals surface area (Å²) in [6.07, 6.45) is 0. The molecule has 8 heteroatoms. The Morgan fingerprint density at radius 1 is 0.833 bits per heavy atom. The smallest absolute Gasteiger partial charge is 0.238 e. The summed E-state index contributed by atoms with van der Waals surface area (Å²) in [5, 5.41) is 57.7. The Balaban J connectivity index is 2.46. The molecule has 124 valence electrons. The van der Waals surface area contributed by atoms with E-state index in [1.165, 1.54) is 13.0 Å². The van der Waals surface area contributed by atoms with Crippen molar-refractivity contribution in [2.24, 2.45) is 0 Å². The summed E-state index contributed by atoms with van der Waals surface area (Å²) in [4.78, 5) is 12.3. The molecule has 0 saturated carbocycles. The summed E-state index contributed by atoms with van der Waals surface area (Å²) < 4.78 is 5.43. The second kappa shape index (κ2) is 4.98. The number of benzene rings is 2. The number of fused-ring (bicyclic) bond motifs is 1. The van der Waals surface area contributed by atoms with Gasteiger partial charge in [-0.15, -0.1) is 0 Å². The van der Waals surface area contributed by atoms with Gasteiger partial charge >= 0.3 is 0 Å². The first-order valence-corrected chi connectivity index (χ1v) is 6.69. The van der Waals surface area contributed by atoms with Crippen molar-refractivity contribution in [2.45, 2.75) is 6.92 Å². The Morgan fingerprint density at radius 2 is 1.50 bits per heavy atom. The van der Waals surface area contributed by atoms with E-state index in [0.717, 1.165) is 12.1 Å². The van der Waals surface area contributed by atoms with E-state index in [4.69, 9.17) is 4.42 Å². The lowest BCUT2D eigenvalue weighted by Gasteiger charge is -2.11. The zero-order chi connectivity index (χ0) is 17.8. The summed E-state index contributed by atoms with van der Waals surface area (Å²) in [6, 6.07) is 3.48. The Morgan fingerprint density at radius 3 is 2.12 bits per heavy atom. The molecule has 2 aromatic carbocycles. The molecular weight excluding hydrogens is 320 g/mol. The molecule has 0 unspecified atom stereocenters. The molecule has 0 atom stereocenters. The van der Waals surface area contributed by atoms with Crippen LogP contribution in [0.15, 0.2) is 27.4 Å². The lowest BCUT2D eigenvalue weighted by atomic mass is 10.1. The van der Waals surface area contributed by atoms with Gasteiger partial charge in [-0.3, -0.25) is 4.79 Å². The van der Waals surface area contributed by atoms with Crippen LogP contribution < -0.4 is 5.43 Å². The van der Waals surface area contributed by atoms with Crippen molar-refractivity contribution in [2.75, 3.05) is 0 Å². The first-order valence-electron chi connectivity index (χ1n) is 6.69. The Bertz CT molecular complexity index is 1050. The van der Waals surface area contributed by atoms with Gasteiger partial charge in [-0.05, 0) is 25.1 Å². The molecule has 0 saturated heterocycles. The number of phenols is 5. The third-order valence-electron chi connectivity index (χ3n) is 3.71. The molecule has 0 spiro atoms. The average Bonchev–Trinajstić information content (AvgIpc) is 2.56. The molecular formula is C16H12O8. The molecule has 8 nitrogen and oxygen atoms in total. The summed E-state index contributed by atoms with van der Waals surface area (Å²) in [5.74, 6) is -4.60. The van der Waals surface area contributed by atoms with Gasteiger partial charge in [-0.2, -0.15) is 0 Å². The minimum Gasteiger partial charge on any atom is -0.504 e. The van der Waals surface area contributed by atoms with Crippen LogP contribution in [0.1, 0.15) is 5.56 Å². The molecule has 1 aromatic heterocycles. The molecule has 0 aliphatic rings. The van der Waals surface area contributed by atoms with Gasteiger partial charge in [0.15, 0.2) is 28.8 Å². The highest BCUT2D eigenvalue weighted by molar-refractivity contribution is 5.93. The van der Waals surface area contributed by atoms with Gasteiger partial charge in [0.1, 0.15) is 11.0 Å². The molecule has 0 radical (unpaired) electrons. The Hall–Kier alpha value is -3.55. The van der Waals surface area contributed by atoms with Gasteiger partial charge in [0, 0.05) is 11.1 Å². The third-order valence-corrected chi connectivity index (χ3v) is 3.71. The molecule has 3 aromatic rings. The quantitative estimate of drug-likeness (QED) is 0.370. The minimum absolute atomic E-state index is 0.0262. The monoisotopic (exact) mass is 332 g/mol. The fraction of sp³-hybridized carbons (Fsp3) is 0.0625. The predicted molar refractivity (Wildman–Crippen MR) is 82.6 cm³/mol. The lowest BCUT2D eigenvalue weighted by molar-refractivity contribution is 0.367. The normalized spacial score (nSPS) is 11.0. The van der Waals surface area contributed by atoms with Crippen molar-refractivity contribution in [3.8, 4) is 45.8 Å². The standard InChI is InChI=1S/C16H12O8/c1-5-10(19)13(22)11(20)9-12(21)14(23)16(24-15(5)9)6-2-3-7(17)8(18)4-6/h2-4,17-20,22-23H,1H3. The summed E-state index contributed by atoms with van der Waals surface area (Å²) in [6.45, 7) is 1.34. The average molecular weight is 332 g/mol. The highest BCUT2D eigenvalue weighted by Crippen LogP contribution is 2.45. The zero-order valence-corrected chi connectivity index (χ0v) is 12.2. The first kappa shape index (κ1) is 15.3. The van der Waals surface area contributed by atoms with Crippen LogP contribution in [0.25, 0.3) is 22.3 Å². The minimum atomic E-state index is -1.03. The van der Waals surface area contributed by atoms with E-state index in [-0.39, 0.29) is 22.5 Å². The molecule has 0 bridgehead atoms. The van der Waals surface area contributed by atoms with Gasteiger partial charge in [-0.1, -0.05) is 0 Å². The van der Waals surface area contributed by atoms with E-state index in [2.05, 4.69) is 0 Å². The largest absolute Gasteiger partial charge is 0.504 e. The number of hydrogen-bond acceptors (Lipinski definition) is 8. The molecule has 3 rings (SSSR count). The Kier molecular flexibility index (Phi) is 3.19. The SMILES string of the molecule is Cc1c(O)c(O)c(O)c2c(=O)c(O)c(-c3ccc(O)c(O)c3)oc12. The van der Waals surface area contributed by atoms with Crippen molar-refractivity contribution in [1.82, 2.24) is 0 Å². The number of aromatic hydroxyl groups is 6. The van der Waals surface area contributed by atoms with Crippen LogP contribution >= 0.6 is 0 Å². The maximum atomic E-state index is 12.3. The highest BCUT2D eigenvalue weighted by Gasteiger charge is 2.24. The Labute approximate surface area is 133 Å². The fourth-order valence-electron chi connectivity index (χ4n) is 2.38. The van der Waals surface area contributed by atoms with Crippen molar-refractivity contribution in [3.05, 3.63) is 34.0 Å². The van der Waals surface area contributed by atoms with Crippen molar-refractivity contribution < 1.29 is 35.1 Å². The molecule has 6 N–H and O–H groups in total. The van der Waals surface area contributed by atoms with E-state index in [1.807, 2.05) is 0 Å². The lowest BCUT2D eigenvalue weighted by Crippen LogP contribution is -2.04. The van der Waals surface area contributed by atoms with Crippen molar-refractivity contribution >= 4 is 11.0 Å². The van der Waals surface area contributed by atoms with Crippen LogP contribution in [0.5, 0.6) is 34.5 Å². The van der Waals surface area contributed by atoms with Crippen LogP contribution in [0, 0.1) is 6.92 Å². The van der Waals surface area contributed by atoms with Crippen LogP contribution in [0.4, 0.5) is 0 Å². The second-order valence-electron chi connectivity index (χ2n) is 5.19. The predicted octanol–water partition coefficient (Wildman–Crippen LogP) is 2.00. The fourth-order valence-corrected chi connectivity index (χ4v) is 2.38. The van der Waals surface area contributed by atoms with Gasteiger partial charge < -0.3 is 35.1 Å². The topological polar surface area (TPSA) is 152 Å². The van der Waals surface area contributed by atoms with Crippen LogP contribution in [0.2, 0.25) is 0 Å². The summed E-state index contributed by atoms with van der Waals surface area (Å²) in [7, 11) is 0. The first-order chi connectivity index (χ1) is 11.2. The van der Waals surface area contributed by atoms with Crippen LogP contribution in [-0.2, 0) is 0 Å². The van der Waals surface area contributed by atoms with E-state index in [9.17, 15) is 35.4 Å². The molecule has 0 amide bonds.